The van der Waals surface area contributed by atoms with Crippen LogP contribution in [0.15, 0.2) is 36.5 Å². The molecule has 0 aliphatic rings. The zero-order chi connectivity index (χ0) is 12.3. The molecule has 2 aromatic rings. The Bertz CT molecular complexity index is 579. The van der Waals surface area contributed by atoms with Gasteiger partial charge in [0.15, 0.2) is 0 Å². The minimum atomic E-state index is -3.51. The molecule has 2 rings (SSSR count). The number of hydrogen-bond acceptors (Lipinski definition) is 3. The Morgan fingerprint density at radius 2 is 1.94 bits per heavy atom. The second-order valence-corrected chi connectivity index (χ2v) is 5.18. The van der Waals surface area contributed by atoms with Crippen molar-refractivity contribution in [3.05, 3.63) is 47.9 Å². The number of anilines is 1. The molecule has 90 valence electrons. The Kier molecular flexibility index (Phi) is 3.10. The summed E-state index contributed by atoms with van der Waals surface area (Å²) in [4.78, 5) is 0. The molecule has 0 amide bonds. The highest BCUT2D eigenvalue weighted by molar-refractivity contribution is 7.91. The van der Waals surface area contributed by atoms with Gasteiger partial charge < -0.3 is 0 Å². The molecule has 0 bridgehead atoms. The van der Waals surface area contributed by atoms with Gasteiger partial charge in [-0.1, -0.05) is 12.1 Å². The van der Waals surface area contributed by atoms with E-state index >= 15 is 0 Å². The van der Waals surface area contributed by atoms with E-state index in [9.17, 15) is 12.8 Å². The quantitative estimate of drug-likeness (QED) is 0.869. The second kappa shape index (κ2) is 4.54. The monoisotopic (exact) mass is 255 g/mol. The lowest BCUT2D eigenvalue weighted by molar-refractivity contribution is 0.599. The molecule has 0 fully saturated rings. The molecule has 7 heteroatoms. The second-order valence-electron chi connectivity index (χ2n) is 3.46. The van der Waals surface area contributed by atoms with Crippen molar-refractivity contribution in [1.82, 2.24) is 10.2 Å². The molecule has 0 radical (unpaired) electrons. The van der Waals surface area contributed by atoms with Gasteiger partial charge in [-0.25, -0.2) is 12.8 Å². The number of rotatable bonds is 4. The van der Waals surface area contributed by atoms with Crippen LogP contribution in [0.25, 0.3) is 0 Å². The molecule has 0 aliphatic carbocycles. The predicted molar refractivity (Wildman–Crippen MR) is 61.2 cm³/mol. The van der Waals surface area contributed by atoms with Crippen molar-refractivity contribution in [1.29, 1.82) is 0 Å². The first-order chi connectivity index (χ1) is 8.05. The molecule has 2 N–H and O–H groups in total. The molecule has 0 saturated carbocycles. The number of benzene rings is 1. The Hall–Kier alpha value is -1.89. The standard InChI is InChI=1S/C10H10FN3O2S/c11-9-3-1-8(2-4-9)7-17(15,16)14-10-5-6-12-13-10/h1-6H,7H2,(H2,12,13,14). The number of sulfonamides is 1. The maximum atomic E-state index is 12.6. The normalized spacial score (nSPS) is 11.4. The largest absolute Gasteiger partial charge is 0.267 e. The minimum Gasteiger partial charge on any atom is -0.267 e. The molecule has 0 unspecified atom stereocenters. The van der Waals surface area contributed by atoms with Crippen molar-refractivity contribution in [3.8, 4) is 0 Å². The lowest BCUT2D eigenvalue weighted by atomic mass is 10.2. The molecule has 5 nitrogen and oxygen atoms in total. The van der Waals surface area contributed by atoms with Crippen LogP contribution in [0.2, 0.25) is 0 Å². The number of nitrogens with zero attached hydrogens (tertiary/aromatic N) is 1. The van der Waals surface area contributed by atoms with Crippen molar-refractivity contribution >= 4 is 15.8 Å². The summed E-state index contributed by atoms with van der Waals surface area (Å²) in [5.74, 6) is -0.313. The summed E-state index contributed by atoms with van der Waals surface area (Å²) in [7, 11) is -3.51. The van der Waals surface area contributed by atoms with Gasteiger partial charge in [-0.2, -0.15) is 5.10 Å². The summed E-state index contributed by atoms with van der Waals surface area (Å²) in [6.45, 7) is 0. The predicted octanol–water partition coefficient (Wildman–Crippen LogP) is 1.49. The maximum absolute atomic E-state index is 12.6. The lowest BCUT2D eigenvalue weighted by Crippen LogP contribution is -2.15. The molecular weight excluding hydrogens is 245 g/mol. The van der Waals surface area contributed by atoms with E-state index in [1.165, 1.54) is 36.5 Å². The van der Waals surface area contributed by atoms with Crippen molar-refractivity contribution in [2.45, 2.75) is 5.75 Å². The molecule has 0 spiro atoms. The SMILES string of the molecule is O=S(=O)(Cc1ccc(F)cc1)Nc1ccn[nH]1. The highest BCUT2D eigenvalue weighted by Crippen LogP contribution is 2.10. The molecule has 0 atom stereocenters. The average Bonchev–Trinajstić information content (AvgIpc) is 2.73. The van der Waals surface area contributed by atoms with E-state index in [0.717, 1.165) is 0 Å². The Labute approximate surface area is 97.7 Å². The average molecular weight is 255 g/mol. The molecular formula is C10H10FN3O2S. The summed E-state index contributed by atoms with van der Waals surface area (Å²) >= 11 is 0. The van der Waals surface area contributed by atoms with E-state index < -0.39 is 15.8 Å². The van der Waals surface area contributed by atoms with E-state index in [1.54, 1.807) is 0 Å². The number of halogens is 1. The van der Waals surface area contributed by atoms with Crippen LogP contribution in [-0.2, 0) is 15.8 Å². The topological polar surface area (TPSA) is 74.8 Å². The fraction of sp³-hybridized carbons (Fsp3) is 0.100. The van der Waals surface area contributed by atoms with Gasteiger partial charge in [-0.15, -0.1) is 0 Å². The highest BCUT2D eigenvalue weighted by atomic mass is 32.2. The van der Waals surface area contributed by atoms with Gasteiger partial charge in [-0.3, -0.25) is 9.82 Å². The zero-order valence-electron chi connectivity index (χ0n) is 8.72. The molecule has 0 saturated heterocycles. The van der Waals surface area contributed by atoms with Crippen LogP contribution in [0.3, 0.4) is 0 Å². The van der Waals surface area contributed by atoms with Crippen molar-refractivity contribution in [3.63, 3.8) is 0 Å². The van der Waals surface area contributed by atoms with Gasteiger partial charge in [0.25, 0.3) is 0 Å². The first-order valence-corrected chi connectivity index (χ1v) is 6.45. The molecule has 17 heavy (non-hydrogen) atoms. The molecule has 0 aliphatic heterocycles. The van der Waals surface area contributed by atoms with Gasteiger partial charge in [0.1, 0.15) is 11.6 Å². The highest BCUT2D eigenvalue weighted by Gasteiger charge is 2.12. The zero-order valence-corrected chi connectivity index (χ0v) is 9.54. The third-order valence-corrected chi connectivity index (χ3v) is 3.28. The Morgan fingerprint density at radius 1 is 1.24 bits per heavy atom. The molecule has 1 aromatic heterocycles. The first-order valence-electron chi connectivity index (χ1n) is 4.79. The minimum absolute atomic E-state index is 0.216. The van der Waals surface area contributed by atoms with Gasteiger partial charge >= 0.3 is 0 Å². The number of aromatic amines is 1. The first kappa shape index (κ1) is 11.6. The van der Waals surface area contributed by atoms with Crippen molar-refractivity contribution in [2.75, 3.05) is 4.72 Å². The Morgan fingerprint density at radius 3 is 2.53 bits per heavy atom. The van der Waals surface area contributed by atoms with E-state index in [0.29, 0.717) is 11.4 Å². The van der Waals surface area contributed by atoms with Crippen LogP contribution in [0.5, 0.6) is 0 Å². The van der Waals surface area contributed by atoms with Gasteiger partial charge in [0.05, 0.1) is 11.9 Å². The van der Waals surface area contributed by atoms with Crippen LogP contribution >= 0.6 is 0 Å². The third-order valence-electron chi connectivity index (χ3n) is 2.04. The summed E-state index contributed by atoms with van der Waals surface area (Å²) < 4.78 is 38.4. The summed E-state index contributed by atoms with van der Waals surface area (Å²) in [6.07, 6.45) is 1.44. The summed E-state index contributed by atoms with van der Waals surface area (Å²) in [5, 5.41) is 6.11. The molecule has 1 heterocycles. The maximum Gasteiger partial charge on any atom is 0.238 e. The van der Waals surface area contributed by atoms with Gasteiger partial charge in [0.2, 0.25) is 10.0 Å². The summed E-state index contributed by atoms with van der Waals surface area (Å²) in [5.41, 5.74) is 0.512. The van der Waals surface area contributed by atoms with E-state index in [2.05, 4.69) is 14.9 Å². The fourth-order valence-electron chi connectivity index (χ4n) is 1.32. The van der Waals surface area contributed by atoms with Crippen LogP contribution in [0.1, 0.15) is 5.56 Å². The number of nitrogens with one attached hydrogen (secondary N) is 2. The fourth-order valence-corrected chi connectivity index (χ4v) is 2.47. The van der Waals surface area contributed by atoms with Gasteiger partial charge in [0, 0.05) is 6.07 Å². The van der Waals surface area contributed by atoms with E-state index in [4.69, 9.17) is 0 Å². The number of aromatic nitrogens is 2. The van der Waals surface area contributed by atoms with Gasteiger partial charge in [-0.05, 0) is 17.7 Å². The van der Waals surface area contributed by atoms with Crippen LogP contribution in [-0.4, -0.2) is 18.6 Å². The van der Waals surface area contributed by atoms with Crippen LogP contribution in [0, 0.1) is 5.82 Å². The van der Waals surface area contributed by atoms with E-state index in [-0.39, 0.29) is 5.75 Å². The summed E-state index contributed by atoms with van der Waals surface area (Å²) in [6, 6.07) is 6.81. The van der Waals surface area contributed by atoms with Crippen molar-refractivity contribution in [2.24, 2.45) is 0 Å². The smallest absolute Gasteiger partial charge is 0.238 e. The number of hydrogen-bond donors (Lipinski definition) is 2. The van der Waals surface area contributed by atoms with E-state index in [1.807, 2.05) is 0 Å². The van der Waals surface area contributed by atoms with Crippen LogP contribution in [0.4, 0.5) is 10.2 Å². The van der Waals surface area contributed by atoms with Crippen LogP contribution < -0.4 is 4.72 Å². The van der Waals surface area contributed by atoms with Crippen molar-refractivity contribution < 1.29 is 12.8 Å². The number of H-pyrrole nitrogens is 1. The third kappa shape index (κ3) is 3.28. The molecule has 1 aromatic carbocycles. The lowest BCUT2D eigenvalue weighted by Gasteiger charge is -2.05. The Balaban J connectivity index is 2.09.